The van der Waals surface area contributed by atoms with Crippen LogP contribution in [-0.4, -0.2) is 70.3 Å². The van der Waals surface area contributed by atoms with Crippen molar-refractivity contribution in [3.63, 3.8) is 0 Å². The summed E-state index contributed by atoms with van der Waals surface area (Å²) < 4.78 is 0. The van der Waals surface area contributed by atoms with Gasteiger partial charge in [-0.1, -0.05) is 18.2 Å². The number of amides is 5. The molecule has 5 amide bonds. The predicted molar refractivity (Wildman–Crippen MR) is 122 cm³/mol. The first kappa shape index (κ1) is 26.8. The summed E-state index contributed by atoms with van der Waals surface area (Å²) in [4.78, 5) is 74.7. The molecular formula is C21H27N7O7. The van der Waals surface area contributed by atoms with Crippen molar-refractivity contribution in [2.45, 2.75) is 37.4 Å². The molecule has 0 aliphatic carbocycles. The molecule has 1 heterocycles. The number of fused-ring (bicyclic) bond motifs is 1. The number of carboxylic acids is 1. The van der Waals surface area contributed by atoms with Gasteiger partial charge in [0.2, 0.25) is 29.5 Å². The van der Waals surface area contributed by atoms with Gasteiger partial charge in [0, 0.05) is 23.5 Å². The van der Waals surface area contributed by atoms with Gasteiger partial charge in [-0.05, 0) is 11.6 Å². The van der Waals surface area contributed by atoms with E-state index in [1.54, 1.807) is 30.5 Å². The molecule has 0 fully saturated rings. The molecule has 0 aliphatic rings. The number of nitrogens with one attached hydrogen (secondary N) is 4. The standard InChI is InChI=1S/C21H27N7O7/c22-8-18(31)26-13(6-16(23)29)19(32)27-14(7-17(24)30)20(33)28-15(21(34)35)5-10-9-25-12-4-2-1-3-11(10)12/h1-4,9,13-15,25H,5-8,22H2,(H2,23,29)(H2,24,30)(H,26,31)(H,27,32)(H,28,33)(H,34,35). The Balaban J connectivity index is 2.19. The molecule has 14 nitrogen and oxygen atoms in total. The summed E-state index contributed by atoms with van der Waals surface area (Å²) in [6.07, 6.45) is 0.231. The largest absolute Gasteiger partial charge is 0.480 e. The monoisotopic (exact) mass is 489 g/mol. The molecular weight excluding hydrogens is 462 g/mol. The SMILES string of the molecule is NCC(=O)NC(CC(N)=O)C(=O)NC(CC(N)=O)C(=O)NC(Cc1c[nH]c2ccccc12)C(=O)O. The maximum atomic E-state index is 12.8. The van der Waals surface area contributed by atoms with Crippen LogP contribution in [0.1, 0.15) is 18.4 Å². The second-order valence-electron chi connectivity index (χ2n) is 7.69. The Bertz CT molecular complexity index is 1130. The van der Waals surface area contributed by atoms with Crippen molar-refractivity contribution < 1.29 is 33.9 Å². The van der Waals surface area contributed by atoms with E-state index in [-0.39, 0.29) is 6.42 Å². The average Bonchev–Trinajstić information content (AvgIpc) is 3.19. The number of hydrogen-bond donors (Lipinski definition) is 8. The molecule has 188 valence electrons. The van der Waals surface area contributed by atoms with Crippen LogP contribution in [0.25, 0.3) is 10.9 Å². The molecule has 0 spiro atoms. The van der Waals surface area contributed by atoms with Gasteiger partial charge in [-0.3, -0.25) is 24.0 Å². The zero-order chi connectivity index (χ0) is 26.1. The van der Waals surface area contributed by atoms with E-state index in [2.05, 4.69) is 20.9 Å². The van der Waals surface area contributed by atoms with E-state index in [9.17, 15) is 33.9 Å². The number of aromatic amines is 1. The highest BCUT2D eigenvalue weighted by atomic mass is 16.4. The summed E-state index contributed by atoms with van der Waals surface area (Å²) in [7, 11) is 0. The Morgan fingerprint density at radius 2 is 1.40 bits per heavy atom. The number of para-hydroxylation sites is 1. The molecule has 3 unspecified atom stereocenters. The number of carbonyl (C=O) groups is 6. The third kappa shape index (κ3) is 7.82. The maximum Gasteiger partial charge on any atom is 0.326 e. The van der Waals surface area contributed by atoms with Crippen LogP contribution >= 0.6 is 0 Å². The van der Waals surface area contributed by atoms with Gasteiger partial charge < -0.3 is 43.2 Å². The number of aromatic nitrogens is 1. The summed E-state index contributed by atoms with van der Waals surface area (Å²) in [6.45, 7) is -0.484. The van der Waals surface area contributed by atoms with Crippen molar-refractivity contribution in [2.75, 3.05) is 6.54 Å². The minimum Gasteiger partial charge on any atom is -0.480 e. The van der Waals surface area contributed by atoms with Gasteiger partial charge in [0.1, 0.15) is 18.1 Å². The lowest BCUT2D eigenvalue weighted by molar-refractivity contribution is -0.142. The number of benzene rings is 1. The second kappa shape index (κ2) is 12.1. The fraction of sp³-hybridized carbons (Fsp3) is 0.333. The zero-order valence-electron chi connectivity index (χ0n) is 18.6. The molecule has 3 atom stereocenters. The molecule has 0 saturated carbocycles. The van der Waals surface area contributed by atoms with Crippen LogP contribution in [0.15, 0.2) is 30.5 Å². The van der Waals surface area contributed by atoms with Gasteiger partial charge >= 0.3 is 5.97 Å². The van der Waals surface area contributed by atoms with Crippen LogP contribution in [0.3, 0.4) is 0 Å². The lowest BCUT2D eigenvalue weighted by atomic mass is 10.0. The van der Waals surface area contributed by atoms with E-state index in [1.165, 1.54) is 0 Å². The fourth-order valence-electron chi connectivity index (χ4n) is 3.34. The number of hydrogen-bond acceptors (Lipinski definition) is 7. The van der Waals surface area contributed by atoms with Gasteiger partial charge in [0.05, 0.1) is 19.4 Å². The first-order valence-corrected chi connectivity index (χ1v) is 10.5. The fourth-order valence-corrected chi connectivity index (χ4v) is 3.34. The lowest BCUT2D eigenvalue weighted by Gasteiger charge is -2.23. The van der Waals surface area contributed by atoms with Crippen molar-refractivity contribution in [1.29, 1.82) is 0 Å². The van der Waals surface area contributed by atoms with E-state index in [0.29, 0.717) is 5.56 Å². The van der Waals surface area contributed by atoms with E-state index < -0.39 is 73.0 Å². The zero-order valence-corrected chi connectivity index (χ0v) is 18.6. The van der Waals surface area contributed by atoms with Crippen molar-refractivity contribution in [3.05, 3.63) is 36.0 Å². The number of nitrogens with two attached hydrogens (primary N) is 3. The van der Waals surface area contributed by atoms with Crippen molar-refractivity contribution in [2.24, 2.45) is 17.2 Å². The summed E-state index contributed by atoms with van der Waals surface area (Å²) in [5.41, 5.74) is 16.9. The van der Waals surface area contributed by atoms with Crippen molar-refractivity contribution in [1.82, 2.24) is 20.9 Å². The van der Waals surface area contributed by atoms with Gasteiger partial charge in [-0.2, -0.15) is 0 Å². The van der Waals surface area contributed by atoms with E-state index >= 15 is 0 Å². The van der Waals surface area contributed by atoms with Crippen LogP contribution in [-0.2, 0) is 35.2 Å². The highest BCUT2D eigenvalue weighted by Gasteiger charge is 2.31. The topological polar surface area (TPSA) is 253 Å². The Hall–Kier alpha value is -4.46. The van der Waals surface area contributed by atoms with Crippen LogP contribution < -0.4 is 33.2 Å². The molecule has 0 radical (unpaired) electrons. The highest BCUT2D eigenvalue weighted by Crippen LogP contribution is 2.19. The van der Waals surface area contributed by atoms with Crippen LogP contribution in [0, 0.1) is 0 Å². The van der Waals surface area contributed by atoms with Crippen LogP contribution in [0.4, 0.5) is 0 Å². The summed E-state index contributed by atoms with van der Waals surface area (Å²) in [5, 5.41) is 17.1. The average molecular weight is 489 g/mol. The molecule has 1 aromatic carbocycles. The van der Waals surface area contributed by atoms with E-state index in [4.69, 9.17) is 17.2 Å². The minimum atomic E-state index is -1.59. The van der Waals surface area contributed by atoms with Crippen molar-refractivity contribution in [3.8, 4) is 0 Å². The van der Waals surface area contributed by atoms with Crippen molar-refractivity contribution >= 4 is 46.4 Å². The third-order valence-corrected chi connectivity index (χ3v) is 4.99. The first-order chi connectivity index (χ1) is 16.5. The molecule has 0 saturated heterocycles. The molecule has 1 aromatic heterocycles. The molecule has 2 rings (SSSR count). The highest BCUT2D eigenvalue weighted by molar-refractivity contribution is 5.97. The summed E-state index contributed by atoms with van der Waals surface area (Å²) >= 11 is 0. The smallest absolute Gasteiger partial charge is 0.326 e. The first-order valence-electron chi connectivity index (χ1n) is 10.5. The minimum absolute atomic E-state index is 0.0980. The normalized spacial score (nSPS) is 13.3. The molecule has 0 bridgehead atoms. The molecule has 2 aromatic rings. The summed E-state index contributed by atoms with van der Waals surface area (Å²) in [6, 6.07) is 2.69. The number of H-pyrrole nitrogens is 1. The molecule has 35 heavy (non-hydrogen) atoms. The van der Waals surface area contributed by atoms with E-state index in [0.717, 1.165) is 10.9 Å². The Labute approximate surface area is 198 Å². The van der Waals surface area contributed by atoms with Gasteiger partial charge in [0.25, 0.3) is 0 Å². The maximum absolute atomic E-state index is 12.8. The number of primary amides is 2. The van der Waals surface area contributed by atoms with Gasteiger partial charge in [0.15, 0.2) is 0 Å². The number of carboxylic acid groups (broad SMARTS) is 1. The van der Waals surface area contributed by atoms with Gasteiger partial charge in [-0.15, -0.1) is 0 Å². The molecule has 14 heteroatoms. The second-order valence-corrected chi connectivity index (χ2v) is 7.69. The van der Waals surface area contributed by atoms with Crippen LogP contribution in [0.2, 0.25) is 0 Å². The Morgan fingerprint density at radius 1 is 0.857 bits per heavy atom. The van der Waals surface area contributed by atoms with E-state index in [1.807, 2.05) is 0 Å². The molecule has 0 aliphatic heterocycles. The quantitative estimate of drug-likeness (QED) is 0.143. The molecule has 11 N–H and O–H groups in total. The number of aliphatic carboxylic acids is 1. The summed E-state index contributed by atoms with van der Waals surface area (Å²) in [5.74, 6) is -6.04. The predicted octanol–water partition coefficient (Wildman–Crippen LogP) is -3.04. The Kier molecular flexibility index (Phi) is 9.28. The number of rotatable bonds is 13. The number of carbonyl (C=O) groups excluding carboxylic acids is 5. The third-order valence-electron chi connectivity index (χ3n) is 4.99. The van der Waals surface area contributed by atoms with Crippen LogP contribution in [0.5, 0.6) is 0 Å². The lowest BCUT2D eigenvalue weighted by Crippen LogP contribution is -2.57. The Morgan fingerprint density at radius 3 is 1.94 bits per heavy atom. The van der Waals surface area contributed by atoms with Gasteiger partial charge in [-0.25, -0.2) is 4.79 Å².